The zero-order valence-corrected chi connectivity index (χ0v) is 7.56. The molecule has 14 heavy (non-hydrogen) atoms. The molecule has 6 nitrogen and oxygen atoms in total. The summed E-state index contributed by atoms with van der Waals surface area (Å²) in [7, 11) is 1.71. The van der Waals surface area contributed by atoms with Crippen molar-refractivity contribution in [1.82, 2.24) is 20.0 Å². The molecule has 0 saturated carbocycles. The van der Waals surface area contributed by atoms with Crippen LogP contribution >= 0.6 is 0 Å². The normalized spacial score (nSPS) is 10.1. The summed E-state index contributed by atoms with van der Waals surface area (Å²) in [5.74, 6) is 0.272. The summed E-state index contributed by atoms with van der Waals surface area (Å²) in [5, 5.41) is 12.9. The number of carbonyl (C=O) groups is 1. The van der Waals surface area contributed by atoms with Gasteiger partial charge >= 0.3 is 0 Å². The van der Waals surface area contributed by atoms with Crippen LogP contribution in [0.4, 0.5) is 5.82 Å². The molecule has 72 valence electrons. The van der Waals surface area contributed by atoms with Crippen molar-refractivity contribution in [1.29, 1.82) is 0 Å². The smallest absolute Gasteiger partial charge is 0.275 e. The van der Waals surface area contributed by atoms with E-state index in [1.54, 1.807) is 31.6 Å². The molecule has 0 aliphatic heterocycles. The number of hydrogen-bond acceptors (Lipinski definition) is 3. The average molecular weight is 191 g/mol. The van der Waals surface area contributed by atoms with Crippen LogP contribution in [-0.4, -0.2) is 25.9 Å². The largest absolute Gasteiger partial charge is 0.304 e. The Kier molecular flexibility index (Phi) is 2.02. The van der Waals surface area contributed by atoms with E-state index in [2.05, 4.69) is 20.6 Å². The SMILES string of the molecule is Cn1nccc1C(=O)Nc1cc[nH]n1. The second-order valence-electron chi connectivity index (χ2n) is 2.75. The minimum atomic E-state index is -0.225. The van der Waals surface area contributed by atoms with Crippen LogP contribution in [0.2, 0.25) is 0 Å². The number of rotatable bonds is 2. The van der Waals surface area contributed by atoms with Crippen LogP contribution in [0.5, 0.6) is 0 Å². The molecule has 0 aliphatic rings. The van der Waals surface area contributed by atoms with E-state index in [1.165, 1.54) is 4.68 Å². The highest BCUT2D eigenvalue weighted by Crippen LogP contribution is 2.03. The Morgan fingerprint density at radius 2 is 2.43 bits per heavy atom. The van der Waals surface area contributed by atoms with Crippen molar-refractivity contribution in [2.45, 2.75) is 0 Å². The maximum Gasteiger partial charge on any atom is 0.275 e. The second kappa shape index (κ2) is 3.33. The number of nitrogens with one attached hydrogen (secondary N) is 2. The molecule has 2 heterocycles. The third kappa shape index (κ3) is 1.49. The van der Waals surface area contributed by atoms with E-state index >= 15 is 0 Å². The van der Waals surface area contributed by atoms with Gasteiger partial charge in [-0.15, -0.1) is 0 Å². The Morgan fingerprint density at radius 3 is 3.00 bits per heavy atom. The first-order valence-corrected chi connectivity index (χ1v) is 4.06. The lowest BCUT2D eigenvalue weighted by molar-refractivity contribution is 0.101. The van der Waals surface area contributed by atoms with Crippen LogP contribution in [0.15, 0.2) is 24.5 Å². The molecule has 0 bridgehead atoms. The van der Waals surface area contributed by atoms with Crippen LogP contribution in [0.3, 0.4) is 0 Å². The van der Waals surface area contributed by atoms with Gasteiger partial charge in [-0.3, -0.25) is 14.6 Å². The fourth-order valence-corrected chi connectivity index (χ4v) is 1.11. The first kappa shape index (κ1) is 8.49. The monoisotopic (exact) mass is 191 g/mol. The summed E-state index contributed by atoms with van der Waals surface area (Å²) < 4.78 is 1.50. The summed E-state index contributed by atoms with van der Waals surface area (Å²) in [6, 6.07) is 3.32. The van der Waals surface area contributed by atoms with Crippen molar-refractivity contribution in [2.24, 2.45) is 7.05 Å². The Morgan fingerprint density at radius 1 is 1.57 bits per heavy atom. The Hall–Kier alpha value is -2.11. The number of hydrogen-bond donors (Lipinski definition) is 2. The minimum absolute atomic E-state index is 0.225. The highest BCUT2D eigenvalue weighted by atomic mass is 16.2. The maximum atomic E-state index is 11.6. The molecule has 2 rings (SSSR count). The molecule has 0 saturated heterocycles. The van der Waals surface area contributed by atoms with Crippen LogP contribution < -0.4 is 5.32 Å². The van der Waals surface area contributed by atoms with Gasteiger partial charge in [0.1, 0.15) is 5.69 Å². The van der Waals surface area contributed by atoms with Gasteiger partial charge in [0.2, 0.25) is 0 Å². The number of carbonyl (C=O) groups excluding carboxylic acids is 1. The standard InChI is InChI=1S/C8H9N5O/c1-13-6(2-5-10-13)8(14)11-7-3-4-9-12-7/h2-5H,1H3,(H2,9,11,12,14). The van der Waals surface area contributed by atoms with Gasteiger partial charge in [-0.25, -0.2) is 0 Å². The zero-order chi connectivity index (χ0) is 9.97. The summed E-state index contributed by atoms with van der Waals surface area (Å²) >= 11 is 0. The molecule has 2 aromatic rings. The molecule has 0 radical (unpaired) electrons. The molecule has 0 spiro atoms. The first-order chi connectivity index (χ1) is 6.77. The fraction of sp³-hybridized carbons (Fsp3) is 0.125. The minimum Gasteiger partial charge on any atom is -0.304 e. The molecule has 0 atom stereocenters. The number of anilines is 1. The third-order valence-electron chi connectivity index (χ3n) is 1.80. The molecule has 0 unspecified atom stereocenters. The van der Waals surface area contributed by atoms with Crippen molar-refractivity contribution in [3.05, 3.63) is 30.2 Å². The van der Waals surface area contributed by atoms with Gasteiger partial charge in [0, 0.05) is 25.5 Å². The Bertz CT molecular complexity index is 430. The third-order valence-corrected chi connectivity index (χ3v) is 1.80. The quantitative estimate of drug-likeness (QED) is 0.721. The van der Waals surface area contributed by atoms with Gasteiger partial charge in [0.15, 0.2) is 5.82 Å². The highest BCUT2D eigenvalue weighted by Gasteiger charge is 2.10. The number of aromatic amines is 1. The predicted octanol–water partition coefficient (Wildman–Crippen LogP) is 0.395. The van der Waals surface area contributed by atoms with E-state index in [0.717, 1.165) is 0 Å². The van der Waals surface area contributed by atoms with Crippen molar-refractivity contribution in [3.8, 4) is 0 Å². The lowest BCUT2D eigenvalue weighted by Gasteiger charge is -2.00. The Balaban J connectivity index is 2.14. The van der Waals surface area contributed by atoms with Gasteiger partial charge in [-0.2, -0.15) is 10.2 Å². The van der Waals surface area contributed by atoms with E-state index in [-0.39, 0.29) is 5.91 Å². The molecule has 0 fully saturated rings. The first-order valence-electron chi connectivity index (χ1n) is 4.06. The lowest BCUT2D eigenvalue weighted by atomic mass is 10.4. The molecular weight excluding hydrogens is 182 g/mol. The van der Waals surface area contributed by atoms with E-state index in [9.17, 15) is 4.79 Å². The number of aryl methyl sites for hydroxylation is 1. The van der Waals surface area contributed by atoms with Crippen LogP contribution in [0.25, 0.3) is 0 Å². The van der Waals surface area contributed by atoms with Crippen molar-refractivity contribution >= 4 is 11.7 Å². The molecule has 1 amide bonds. The fourth-order valence-electron chi connectivity index (χ4n) is 1.11. The van der Waals surface area contributed by atoms with Gasteiger partial charge < -0.3 is 5.32 Å². The highest BCUT2D eigenvalue weighted by molar-refractivity contribution is 6.02. The van der Waals surface area contributed by atoms with Gasteiger partial charge in [0.25, 0.3) is 5.91 Å². The van der Waals surface area contributed by atoms with Gasteiger partial charge in [-0.1, -0.05) is 0 Å². The number of nitrogens with zero attached hydrogens (tertiary/aromatic N) is 3. The van der Waals surface area contributed by atoms with Crippen LogP contribution in [0.1, 0.15) is 10.5 Å². The molecule has 0 aliphatic carbocycles. The lowest BCUT2D eigenvalue weighted by Crippen LogP contribution is -2.16. The average Bonchev–Trinajstić information content (AvgIpc) is 2.75. The molecule has 2 N–H and O–H groups in total. The van der Waals surface area contributed by atoms with Crippen LogP contribution in [-0.2, 0) is 7.05 Å². The molecular formula is C8H9N5O. The summed E-state index contributed by atoms with van der Waals surface area (Å²) in [5.41, 5.74) is 0.494. The topological polar surface area (TPSA) is 75.6 Å². The van der Waals surface area contributed by atoms with Crippen molar-refractivity contribution < 1.29 is 4.79 Å². The van der Waals surface area contributed by atoms with E-state index in [1.807, 2.05) is 0 Å². The van der Waals surface area contributed by atoms with E-state index < -0.39 is 0 Å². The number of amides is 1. The summed E-state index contributed by atoms with van der Waals surface area (Å²) in [6.45, 7) is 0. The predicted molar refractivity (Wildman–Crippen MR) is 49.7 cm³/mol. The van der Waals surface area contributed by atoms with Crippen molar-refractivity contribution in [3.63, 3.8) is 0 Å². The summed E-state index contributed by atoms with van der Waals surface area (Å²) in [4.78, 5) is 11.6. The number of aromatic nitrogens is 4. The van der Waals surface area contributed by atoms with Crippen molar-refractivity contribution in [2.75, 3.05) is 5.32 Å². The van der Waals surface area contributed by atoms with Crippen LogP contribution in [0, 0.1) is 0 Å². The molecule has 2 aromatic heterocycles. The molecule has 0 aromatic carbocycles. The summed E-state index contributed by atoms with van der Waals surface area (Å²) in [6.07, 6.45) is 3.21. The second-order valence-corrected chi connectivity index (χ2v) is 2.75. The molecule has 6 heteroatoms. The zero-order valence-electron chi connectivity index (χ0n) is 7.56. The van der Waals surface area contributed by atoms with E-state index in [4.69, 9.17) is 0 Å². The van der Waals surface area contributed by atoms with E-state index in [0.29, 0.717) is 11.5 Å². The maximum absolute atomic E-state index is 11.6. The van der Waals surface area contributed by atoms with Gasteiger partial charge in [0.05, 0.1) is 0 Å². The number of H-pyrrole nitrogens is 1. The van der Waals surface area contributed by atoms with Gasteiger partial charge in [-0.05, 0) is 6.07 Å². The Labute approximate surface area is 79.9 Å².